The van der Waals surface area contributed by atoms with Crippen LogP contribution in [0.4, 0.5) is 17.1 Å². The largest absolute Gasteiger partial charge is 0.457 e. The minimum atomic E-state index is -0.613. The van der Waals surface area contributed by atoms with Crippen LogP contribution in [0.3, 0.4) is 0 Å². The molecule has 364 valence electrons. The minimum absolute atomic E-state index is 0.518. The second kappa shape index (κ2) is 16.2. The molecule has 2 spiro atoms. The van der Waals surface area contributed by atoms with Crippen molar-refractivity contribution in [3.63, 3.8) is 0 Å². The highest BCUT2D eigenvalue weighted by molar-refractivity contribution is 6.09. The van der Waals surface area contributed by atoms with Crippen LogP contribution in [-0.2, 0) is 10.8 Å². The van der Waals surface area contributed by atoms with E-state index in [1.807, 2.05) is 12.1 Å². The van der Waals surface area contributed by atoms with Gasteiger partial charge in [0.05, 0.1) is 16.5 Å². The summed E-state index contributed by atoms with van der Waals surface area (Å²) in [7, 11) is 0. The van der Waals surface area contributed by atoms with Crippen LogP contribution in [0.15, 0.2) is 277 Å². The van der Waals surface area contributed by atoms with E-state index in [1.165, 1.54) is 44.5 Å². The highest BCUT2D eigenvalue weighted by Crippen LogP contribution is 2.65. The van der Waals surface area contributed by atoms with Crippen LogP contribution in [-0.4, -0.2) is 0 Å². The number of rotatable bonds is 5. The lowest BCUT2D eigenvalue weighted by atomic mass is 9.66. The monoisotopic (exact) mass is 995 g/mol. The van der Waals surface area contributed by atoms with Crippen LogP contribution in [0, 0.1) is 0 Å². The van der Waals surface area contributed by atoms with Crippen molar-refractivity contribution in [3.05, 3.63) is 317 Å². The summed E-state index contributed by atoms with van der Waals surface area (Å²) < 4.78 is 19.9. The summed E-state index contributed by atoms with van der Waals surface area (Å²) in [4.78, 5) is 2.45. The van der Waals surface area contributed by atoms with E-state index >= 15 is 0 Å². The third-order valence-electron chi connectivity index (χ3n) is 17.2. The lowest BCUT2D eigenvalue weighted by Crippen LogP contribution is -2.32. The van der Waals surface area contributed by atoms with E-state index in [9.17, 15) is 0 Å². The van der Waals surface area contributed by atoms with Crippen LogP contribution in [0.1, 0.15) is 44.5 Å². The molecule has 0 amide bonds. The number of furan rings is 1. The highest BCUT2D eigenvalue weighted by atomic mass is 16.5. The average Bonchev–Trinajstić information content (AvgIpc) is 4.03. The Bertz CT molecular complexity index is 4550. The molecule has 4 heteroatoms. The van der Waals surface area contributed by atoms with Crippen molar-refractivity contribution < 1.29 is 13.9 Å². The zero-order valence-electron chi connectivity index (χ0n) is 42.2. The molecule has 0 saturated carbocycles. The summed E-state index contributed by atoms with van der Waals surface area (Å²) in [6.45, 7) is 0. The third kappa shape index (κ3) is 5.73. The lowest BCUT2D eigenvalue weighted by Gasteiger charge is -2.39. The summed E-state index contributed by atoms with van der Waals surface area (Å²) >= 11 is 0. The molecule has 0 bridgehead atoms. The minimum Gasteiger partial charge on any atom is -0.457 e. The standard InChI is InChI=1S/C74H45NO3/c1-4-22-57-52(17-1)56-45-48(39-44-59(56)73(57)60-24-6-11-31-67(60)76-68-32-12-7-25-61(68)73)46-35-40-49(41-36-46)75(50-42-37-47(38-43-50)51-20-15-21-54-53-18-3-10-30-66(53)78-72(51)54)65-29-16-28-64-71(65)55-19-2-5-23-58(55)74(64)62-26-8-13-33-69(62)77-70-34-14-9-27-63(70)74/h1-45H. The van der Waals surface area contributed by atoms with Gasteiger partial charge in [-0.15, -0.1) is 0 Å². The number of anilines is 3. The second-order valence-corrected chi connectivity index (χ2v) is 20.9. The summed E-state index contributed by atoms with van der Waals surface area (Å²) in [6, 6.07) is 99.1. The van der Waals surface area contributed by atoms with Crippen LogP contribution >= 0.6 is 0 Å². The molecule has 0 saturated heterocycles. The Morgan fingerprint density at radius 1 is 0.282 bits per heavy atom. The van der Waals surface area contributed by atoms with E-state index in [1.54, 1.807) is 0 Å². The molecule has 0 unspecified atom stereocenters. The smallest absolute Gasteiger partial charge is 0.143 e. The van der Waals surface area contributed by atoms with Gasteiger partial charge in [-0.2, -0.15) is 0 Å². The van der Waals surface area contributed by atoms with Gasteiger partial charge in [-0.25, -0.2) is 0 Å². The Kier molecular flexibility index (Phi) is 8.94. The number of nitrogens with zero attached hydrogens (tertiary/aromatic N) is 1. The molecule has 2 aliphatic carbocycles. The molecule has 3 heterocycles. The predicted molar refractivity (Wildman–Crippen MR) is 314 cm³/mol. The molecule has 0 fully saturated rings. The molecule has 4 aliphatic rings. The first-order chi connectivity index (χ1) is 38.7. The molecule has 4 nitrogen and oxygen atoms in total. The Balaban J connectivity index is 0.842. The van der Waals surface area contributed by atoms with E-state index < -0.39 is 10.8 Å². The molecule has 0 N–H and O–H groups in total. The van der Waals surface area contributed by atoms with Crippen molar-refractivity contribution in [2.75, 3.05) is 4.90 Å². The van der Waals surface area contributed by atoms with Crippen LogP contribution in [0.25, 0.3) is 66.4 Å². The Hall–Kier alpha value is -10.2. The zero-order chi connectivity index (χ0) is 51.1. The average molecular weight is 996 g/mol. The van der Waals surface area contributed by atoms with Crippen LogP contribution < -0.4 is 14.4 Å². The topological polar surface area (TPSA) is 34.8 Å². The Morgan fingerprint density at radius 3 is 1.35 bits per heavy atom. The lowest BCUT2D eigenvalue weighted by molar-refractivity contribution is 0.436. The van der Waals surface area contributed by atoms with Gasteiger partial charge >= 0.3 is 0 Å². The molecule has 0 atom stereocenters. The molecule has 17 rings (SSSR count). The maximum Gasteiger partial charge on any atom is 0.143 e. The first-order valence-electron chi connectivity index (χ1n) is 26.8. The molecule has 12 aromatic carbocycles. The van der Waals surface area contributed by atoms with Gasteiger partial charge in [-0.3, -0.25) is 0 Å². The fourth-order valence-corrected chi connectivity index (χ4v) is 14.1. The van der Waals surface area contributed by atoms with Gasteiger partial charge < -0.3 is 18.8 Å². The Morgan fingerprint density at radius 2 is 0.718 bits per heavy atom. The summed E-state index contributed by atoms with van der Waals surface area (Å²) in [5.74, 6) is 3.54. The third-order valence-corrected chi connectivity index (χ3v) is 17.2. The number of hydrogen-bond donors (Lipinski definition) is 0. The molecule has 2 aliphatic heterocycles. The fourth-order valence-electron chi connectivity index (χ4n) is 14.1. The molecule has 13 aromatic rings. The number of benzene rings is 12. The van der Waals surface area contributed by atoms with E-state index in [0.29, 0.717) is 0 Å². The van der Waals surface area contributed by atoms with E-state index in [-0.39, 0.29) is 0 Å². The first kappa shape index (κ1) is 43.1. The quantitative estimate of drug-likeness (QED) is 0.172. The van der Waals surface area contributed by atoms with Gasteiger partial charge in [0, 0.05) is 55.5 Å². The van der Waals surface area contributed by atoms with Crippen molar-refractivity contribution >= 4 is 39.0 Å². The maximum atomic E-state index is 6.73. The number of fused-ring (bicyclic) bond motifs is 21. The first-order valence-corrected chi connectivity index (χ1v) is 26.8. The van der Waals surface area contributed by atoms with Gasteiger partial charge in [0.15, 0.2) is 0 Å². The van der Waals surface area contributed by atoms with Crippen molar-refractivity contribution in [2.24, 2.45) is 0 Å². The molecule has 78 heavy (non-hydrogen) atoms. The molecular weight excluding hydrogens is 951 g/mol. The van der Waals surface area contributed by atoms with Crippen molar-refractivity contribution in [1.29, 1.82) is 0 Å². The summed E-state index contributed by atoms with van der Waals surface area (Å²) in [5.41, 5.74) is 22.8. The van der Waals surface area contributed by atoms with Gasteiger partial charge in [0.2, 0.25) is 0 Å². The number of ether oxygens (including phenoxy) is 2. The SMILES string of the molecule is c1ccc2c(c1)Oc1ccccc1C21c2ccccc2-c2cc(-c3ccc(N(c4ccc(-c5cccc6c5oc5ccccc56)cc4)c4cccc5c4-c4ccccc4C54c5ccccc5Oc5ccccc54)cc3)ccc21. The van der Waals surface area contributed by atoms with Gasteiger partial charge in [-0.05, 0) is 122 Å². The number of hydrogen-bond acceptors (Lipinski definition) is 4. The normalized spacial score (nSPS) is 14.1. The molecule has 1 aromatic heterocycles. The van der Waals surface area contributed by atoms with E-state index in [4.69, 9.17) is 13.9 Å². The fraction of sp³-hybridized carbons (Fsp3) is 0.0270. The van der Waals surface area contributed by atoms with Gasteiger partial charge in [0.1, 0.15) is 34.2 Å². The number of para-hydroxylation sites is 6. The van der Waals surface area contributed by atoms with E-state index in [2.05, 4.69) is 266 Å². The van der Waals surface area contributed by atoms with Crippen LogP contribution in [0.5, 0.6) is 23.0 Å². The summed E-state index contributed by atoms with van der Waals surface area (Å²) in [5, 5.41) is 2.24. The highest BCUT2D eigenvalue weighted by Gasteiger charge is 2.53. The maximum absolute atomic E-state index is 6.73. The predicted octanol–water partition coefficient (Wildman–Crippen LogP) is 19.3. The van der Waals surface area contributed by atoms with Crippen molar-refractivity contribution in [3.8, 4) is 67.5 Å². The van der Waals surface area contributed by atoms with Crippen LogP contribution in [0.2, 0.25) is 0 Å². The van der Waals surface area contributed by atoms with Gasteiger partial charge in [-0.1, -0.05) is 206 Å². The zero-order valence-corrected chi connectivity index (χ0v) is 42.2. The Labute approximate surface area is 451 Å². The summed E-state index contributed by atoms with van der Waals surface area (Å²) in [6.07, 6.45) is 0. The van der Waals surface area contributed by atoms with Gasteiger partial charge in [0.25, 0.3) is 0 Å². The molecular formula is C74H45NO3. The van der Waals surface area contributed by atoms with Crippen molar-refractivity contribution in [2.45, 2.75) is 10.8 Å². The second-order valence-electron chi connectivity index (χ2n) is 20.9. The van der Waals surface area contributed by atoms with Crippen molar-refractivity contribution in [1.82, 2.24) is 0 Å². The van der Waals surface area contributed by atoms with E-state index in [0.717, 1.165) is 107 Å². The molecule has 0 radical (unpaired) electrons.